The Morgan fingerprint density at radius 1 is 1.03 bits per heavy atom. The van der Waals surface area contributed by atoms with Gasteiger partial charge in [-0.3, -0.25) is 15.2 Å². The Morgan fingerprint density at radius 2 is 1.84 bits per heavy atom. The standard InChI is InChI=1S/C28H25N5O4S/c1-3-35-24-16-19(8-11-23(24)37-14-13-36-21-9-6-18(2)7-10-21)15-22-25(29)33-28(31-26(22)34)38-27(32-33)20-5-4-12-30-17-20/h4-12,15-17,29H,3,13-14H2,1-2H3. The van der Waals surface area contributed by atoms with Crippen molar-refractivity contribution >= 4 is 39.8 Å². The van der Waals surface area contributed by atoms with Gasteiger partial charge >= 0.3 is 0 Å². The summed E-state index contributed by atoms with van der Waals surface area (Å²) < 4.78 is 17.4. The summed E-state index contributed by atoms with van der Waals surface area (Å²) in [6.45, 7) is 5.06. The van der Waals surface area contributed by atoms with Crippen LogP contribution < -0.4 is 14.2 Å². The molecular formula is C28H25N5O4S. The van der Waals surface area contributed by atoms with E-state index in [0.29, 0.717) is 47.1 Å². The second-order valence-electron chi connectivity index (χ2n) is 8.32. The van der Waals surface area contributed by atoms with Gasteiger partial charge in [0.2, 0.25) is 5.17 Å². The molecule has 192 valence electrons. The third-order valence-electron chi connectivity index (χ3n) is 5.57. The van der Waals surface area contributed by atoms with Crippen LogP contribution in [0.2, 0.25) is 0 Å². The molecule has 0 spiro atoms. The lowest BCUT2D eigenvalue weighted by Gasteiger charge is -2.20. The number of rotatable bonds is 9. The SMILES string of the molecule is CCOc1cc(C=C2C(=N)N3N=C(c4cccnc4)SC3=NC2=O)ccc1OCCOc1ccc(C)cc1. The highest BCUT2D eigenvalue weighted by molar-refractivity contribution is 8.27. The van der Waals surface area contributed by atoms with E-state index < -0.39 is 5.91 Å². The minimum absolute atomic E-state index is 0.0436. The van der Waals surface area contributed by atoms with Crippen LogP contribution in [0.5, 0.6) is 17.2 Å². The van der Waals surface area contributed by atoms with E-state index in [-0.39, 0.29) is 11.4 Å². The van der Waals surface area contributed by atoms with Crippen molar-refractivity contribution in [3.63, 3.8) is 0 Å². The fourth-order valence-corrected chi connectivity index (χ4v) is 4.59. The summed E-state index contributed by atoms with van der Waals surface area (Å²) in [4.78, 5) is 21.1. The van der Waals surface area contributed by atoms with Crippen molar-refractivity contribution in [1.29, 1.82) is 5.41 Å². The Balaban J connectivity index is 1.30. The Morgan fingerprint density at radius 3 is 2.61 bits per heavy atom. The second-order valence-corrected chi connectivity index (χ2v) is 9.27. The average Bonchev–Trinajstić information content (AvgIpc) is 3.36. The molecule has 1 N–H and O–H groups in total. The Kier molecular flexibility index (Phi) is 7.50. The number of hydrogen-bond acceptors (Lipinski definition) is 8. The maximum atomic E-state index is 12.8. The van der Waals surface area contributed by atoms with Crippen molar-refractivity contribution in [1.82, 2.24) is 9.99 Å². The van der Waals surface area contributed by atoms with E-state index in [1.165, 1.54) is 22.3 Å². The van der Waals surface area contributed by atoms with E-state index in [9.17, 15) is 4.79 Å². The molecule has 2 aromatic carbocycles. The van der Waals surface area contributed by atoms with E-state index in [2.05, 4.69) is 15.1 Å². The number of thioether (sulfide) groups is 1. The van der Waals surface area contributed by atoms with Gasteiger partial charge in [-0.05, 0) is 73.6 Å². The number of benzene rings is 2. The fourth-order valence-electron chi connectivity index (χ4n) is 3.71. The summed E-state index contributed by atoms with van der Waals surface area (Å²) in [6, 6.07) is 16.9. The number of hydrogen-bond donors (Lipinski definition) is 1. The van der Waals surface area contributed by atoms with Gasteiger partial charge in [-0.25, -0.2) is 0 Å². The molecule has 0 fully saturated rings. The van der Waals surface area contributed by atoms with Crippen LogP contribution in [0.25, 0.3) is 6.08 Å². The molecule has 9 nitrogen and oxygen atoms in total. The maximum absolute atomic E-state index is 12.8. The number of ether oxygens (including phenoxy) is 3. The molecule has 3 heterocycles. The van der Waals surface area contributed by atoms with Gasteiger partial charge in [-0.15, -0.1) is 0 Å². The average molecular weight is 528 g/mol. The van der Waals surface area contributed by atoms with Crippen LogP contribution in [0.15, 0.2) is 82.7 Å². The third kappa shape index (κ3) is 5.60. The fraction of sp³-hybridized carbons (Fsp3) is 0.179. The molecular weight excluding hydrogens is 502 g/mol. The number of pyridine rings is 1. The number of fused-ring (bicyclic) bond motifs is 1. The largest absolute Gasteiger partial charge is 0.490 e. The molecule has 2 aliphatic rings. The number of carbonyl (C=O) groups is 1. The number of hydrazone groups is 1. The summed E-state index contributed by atoms with van der Waals surface area (Å²) in [5.41, 5.74) is 2.77. The van der Waals surface area contributed by atoms with E-state index in [0.717, 1.165) is 11.3 Å². The predicted molar refractivity (Wildman–Crippen MR) is 148 cm³/mol. The minimum atomic E-state index is -0.497. The number of nitrogens with zero attached hydrogens (tertiary/aromatic N) is 4. The zero-order chi connectivity index (χ0) is 26.5. The molecule has 0 atom stereocenters. The number of aromatic nitrogens is 1. The Labute approximate surface area is 224 Å². The number of amidine groups is 2. The van der Waals surface area contributed by atoms with Gasteiger partial charge in [0.1, 0.15) is 24.0 Å². The molecule has 0 unspecified atom stereocenters. The van der Waals surface area contributed by atoms with Crippen LogP contribution in [-0.2, 0) is 4.79 Å². The highest BCUT2D eigenvalue weighted by Gasteiger charge is 2.36. The first kappa shape index (κ1) is 25.2. The molecule has 0 saturated carbocycles. The number of aliphatic imine (C=N–C) groups is 1. The normalized spacial score (nSPS) is 15.7. The highest BCUT2D eigenvalue weighted by atomic mass is 32.2. The van der Waals surface area contributed by atoms with Gasteiger partial charge in [0.15, 0.2) is 17.3 Å². The summed E-state index contributed by atoms with van der Waals surface area (Å²) >= 11 is 1.23. The Bertz CT molecular complexity index is 1450. The third-order valence-corrected chi connectivity index (χ3v) is 6.53. The zero-order valence-electron chi connectivity index (χ0n) is 20.9. The zero-order valence-corrected chi connectivity index (χ0v) is 21.7. The van der Waals surface area contributed by atoms with Gasteiger partial charge in [0.25, 0.3) is 5.91 Å². The van der Waals surface area contributed by atoms with Gasteiger partial charge in [-0.1, -0.05) is 23.8 Å². The smallest absolute Gasteiger partial charge is 0.283 e. The summed E-state index contributed by atoms with van der Waals surface area (Å²) in [5.74, 6) is 1.34. The Hall–Kier alpha value is -4.44. The molecule has 1 amide bonds. The first-order chi connectivity index (χ1) is 18.5. The van der Waals surface area contributed by atoms with Crippen molar-refractivity contribution < 1.29 is 19.0 Å². The molecule has 0 radical (unpaired) electrons. The quantitative estimate of drug-likeness (QED) is 0.311. The van der Waals surface area contributed by atoms with Gasteiger partial charge in [-0.2, -0.15) is 15.1 Å². The van der Waals surface area contributed by atoms with Crippen molar-refractivity contribution in [3.8, 4) is 17.2 Å². The molecule has 2 aliphatic heterocycles. The number of nitrogens with one attached hydrogen (secondary N) is 1. The van der Waals surface area contributed by atoms with E-state index in [1.807, 2.05) is 44.2 Å². The number of aryl methyl sites for hydroxylation is 1. The summed E-state index contributed by atoms with van der Waals surface area (Å²) in [6.07, 6.45) is 4.97. The lowest BCUT2D eigenvalue weighted by Crippen LogP contribution is -2.35. The van der Waals surface area contributed by atoms with E-state index >= 15 is 0 Å². The van der Waals surface area contributed by atoms with Crippen molar-refractivity contribution in [2.24, 2.45) is 10.1 Å². The van der Waals surface area contributed by atoms with Crippen molar-refractivity contribution in [3.05, 3.63) is 89.3 Å². The van der Waals surface area contributed by atoms with Crippen LogP contribution in [-0.4, -0.2) is 51.8 Å². The first-order valence-electron chi connectivity index (χ1n) is 12.0. The van der Waals surface area contributed by atoms with Crippen molar-refractivity contribution in [2.75, 3.05) is 19.8 Å². The monoisotopic (exact) mass is 527 g/mol. The van der Waals surface area contributed by atoms with Crippen LogP contribution >= 0.6 is 11.8 Å². The summed E-state index contributed by atoms with van der Waals surface area (Å²) in [5, 5.41) is 15.5. The van der Waals surface area contributed by atoms with E-state index in [4.69, 9.17) is 19.6 Å². The van der Waals surface area contributed by atoms with Gasteiger partial charge in [0.05, 0.1) is 12.2 Å². The molecule has 0 bridgehead atoms. The number of carbonyl (C=O) groups excluding carboxylic acids is 1. The van der Waals surface area contributed by atoms with Crippen LogP contribution in [0.3, 0.4) is 0 Å². The topological polar surface area (TPSA) is 109 Å². The minimum Gasteiger partial charge on any atom is -0.490 e. The number of amides is 1. The maximum Gasteiger partial charge on any atom is 0.283 e. The predicted octanol–water partition coefficient (Wildman–Crippen LogP) is 4.91. The molecule has 0 saturated heterocycles. The molecule has 5 rings (SSSR count). The van der Waals surface area contributed by atoms with Crippen LogP contribution in [0.1, 0.15) is 23.6 Å². The molecule has 38 heavy (non-hydrogen) atoms. The highest BCUT2D eigenvalue weighted by Crippen LogP contribution is 2.33. The van der Waals surface area contributed by atoms with Crippen molar-refractivity contribution in [2.45, 2.75) is 13.8 Å². The van der Waals surface area contributed by atoms with Crippen LogP contribution in [0.4, 0.5) is 0 Å². The molecule has 0 aliphatic carbocycles. The van der Waals surface area contributed by atoms with Gasteiger partial charge in [0, 0.05) is 18.0 Å². The molecule has 3 aromatic rings. The first-order valence-corrected chi connectivity index (χ1v) is 12.8. The van der Waals surface area contributed by atoms with E-state index in [1.54, 1.807) is 42.7 Å². The lowest BCUT2D eigenvalue weighted by molar-refractivity contribution is -0.114. The molecule has 10 heteroatoms. The summed E-state index contributed by atoms with van der Waals surface area (Å²) in [7, 11) is 0. The van der Waals surface area contributed by atoms with Gasteiger partial charge < -0.3 is 14.2 Å². The van der Waals surface area contributed by atoms with Crippen LogP contribution in [0, 0.1) is 12.3 Å². The molecule has 1 aromatic heterocycles. The second kappa shape index (κ2) is 11.3. The lowest BCUT2D eigenvalue weighted by atomic mass is 10.1.